The van der Waals surface area contributed by atoms with Gasteiger partial charge in [-0.2, -0.15) is 0 Å². The number of carbonyl (C=O) groups excluding carboxylic acids is 1. The number of nitrogens with zero attached hydrogens (tertiary/aromatic N) is 2. The van der Waals surface area contributed by atoms with E-state index in [4.69, 9.17) is 25.7 Å². The molecule has 0 radical (unpaired) electrons. The average Bonchev–Trinajstić information content (AvgIpc) is 3.07. The Balaban J connectivity index is 1.29. The van der Waals surface area contributed by atoms with Crippen molar-refractivity contribution in [2.24, 2.45) is 5.41 Å². The molecule has 2 aliphatic rings. The Labute approximate surface area is 282 Å². The van der Waals surface area contributed by atoms with Crippen LogP contribution in [0.3, 0.4) is 0 Å². The maximum absolute atomic E-state index is 13.4. The first-order valence-electron chi connectivity index (χ1n) is 16.5. The van der Waals surface area contributed by atoms with E-state index in [0.29, 0.717) is 49.2 Å². The Kier molecular flexibility index (Phi) is 10.8. The molecule has 3 atom stereocenters. The quantitative estimate of drug-likeness (QED) is 0.122. The molecule has 1 aliphatic carbocycles. The lowest BCUT2D eigenvalue weighted by Gasteiger charge is -2.33. The first-order valence-corrected chi connectivity index (χ1v) is 16.5. The molecule has 11 nitrogen and oxygen atoms in total. The van der Waals surface area contributed by atoms with Crippen molar-refractivity contribution < 1.29 is 14.3 Å². The van der Waals surface area contributed by atoms with Crippen LogP contribution in [-0.4, -0.2) is 59.4 Å². The van der Waals surface area contributed by atoms with Crippen LogP contribution in [0.4, 0.5) is 10.5 Å². The second-order valence-corrected chi connectivity index (χ2v) is 13.5. The summed E-state index contributed by atoms with van der Waals surface area (Å²) in [6.07, 6.45) is 4.44. The van der Waals surface area contributed by atoms with E-state index in [2.05, 4.69) is 20.9 Å². The molecule has 3 aromatic rings. The fourth-order valence-corrected chi connectivity index (χ4v) is 5.85. The molecule has 1 fully saturated rings. The molecule has 0 spiro atoms. The number of benzene rings is 2. The number of morpholine rings is 1. The van der Waals surface area contributed by atoms with E-state index in [1.54, 1.807) is 29.0 Å². The second kappa shape index (κ2) is 15.0. The topological polar surface area (TPSA) is 151 Å². The van der Waals surface area contributed by atoms with Crippen molar-refractivity contribution in [1.29, 1.82) is 16.2 Å². The number of urea groups is 1. The zero-order valence-electron chi connectivity index (χ0n) is 28.5. The molecular formula is C37H48N8O3. The zero-order valence-corrected chi connectivity index (χ0v) is 28.5. The Bertz CT molecular complexity index is 1720. The number of aryl methyl sites for hydroxylation is 1. The van der Waals surface area contributed by atoms with Crippen LogP contribution < -0.4 is 26.2 Å². The highest BCUT2D eigenvalue weighted by atomic mass is 16.5. The molecule has 48 heavy (non-hydrogen) atoms. The van der Waals surface area contributed by atoms with E-state index in [0.717, 1.165) is 35.5 Å². The first-order chi connectivity index (χ1) is 22.9. The van der Waals surface area contributed by atoms with Gasteiger partial charge < -0.3 is 25.5 Å². The Morgan fingerprint density at radius 2 is 1.69 bits per heavy atom. The van der Waals surface area contributed by atoms with Crippen molar-refractivity contribution in [3.05, 3.63) is 101 Å². The van der Waals surface area contributed by atoms with Crippen molar-refractivity contribution in [3.63, 3.8) is 0 Å². The van der Waals surface area contributed by atoms with Crippen molar-refractivity contribution in [3.8, 4) is 5.75 Å². The van der Waals surface area contributed by atoms with E-state index >= 15 is 0 Å². The molecule has 1 saturated heterocycles. The lowest BCUT2D eigenvalue weighted by atomic mass is 9.85. The van der Waals surface area contributed by atoms with E-state index in [1.807, 2.05) is 83.1 Å². The monoisotopic (exact) mass is 652 g/mol. The number of fused-ring (bicyclic) bond motifs is 1. The van der Waals surface area contributed by atoms with Gasteiger partial charge in [-0.3, -0.25) is 25.6 Å². The number of hydrogen-bond acceptors (Lipinski definition) is 8. The summed E-state index contributed by atoms with van der Waals surface area (Å²) >= 11 is 0. The molecule has 2 amide bonds. The number of nitrogens with one attached hydrogen (secondary N) is 6. The van der Waals surface area contributed by atoms with Crippen LogP contribution in [0.15, 0.2) is 78.8 Å². The highest BCUT2D eigenvalue weighted by molar-refractivity contribution is 5.97. The fourth-order valence-electron chi connectivity index (χ4n) is 5.85. The standard InChI is InChI=1S/C37H48N8O3/c1-24-10-12-26(13-11-24)41-34(22-32(38)37(3,4)5)43-36(46)42-30-15-16-31(29-9-7-6-8-28(29)30)48-27-14-17-33(39)45(23-27)35(40)25(2)44-18-20-47-21-19-44/h6-14,17,22-23,25,30-31,38-41H,15-16,18-21H2,1-5H3,(H2,42,43,46)/b34-22+,38-32?,39-33?,40-35?/t25-,30-,31+/m0/s1. The summed E-state index contributed by atoms with van der Waals surface area (Å²) < 4.78 is 13.6. The highest BCUT2D eigenvalue weighted by Crippen LogP contribution is 2.38. The minimum atomic E-state index is -0.392. The summed E-state index contributed by atoms with van der Waals surface area (Å²) in [4.78, 5) is 15.6. The third-order valence-electron chi connectivity index (χ3n) is 8.86. The third-order valence-corrected chi connectivity index (χ3v) is 8.86. The minimum Gasteiger partial charge on any atom is -0.484 e. The van der Waals surface area contributed by atoms with Gasteiger partial charge in [-0.15, -0.1) is 0 Å². The van der Waals surface area contributed by atoms with Gasteiger partial charge in [0.2, 0.25) is 0 Å². The number of anilines is 1. The number of amides is 2. The average molecular weight is 653 g/mol. The number of allylic oxidation sites excluding steroid dienone is 1. The van der Waals surface area contributed by atoms with Crippen LogP contribution >= 0.6 is 0 Å². The van der Waals surface area contributed by atoms with Gasteiger partial charge in [0.25, 0.3) is 0 Å². The third kappa shape index (κ3) is 8.59. The molecule has 0 bridgehead atoms. The van der Waals surface area contributed by atoms with Crippen LogP contribution in [0, 0.1) is 28.6 Å². The normalized spacial score (nSPS) is 19.1. The van der Waals surface area contributed by atoms with Gasteiger partial charge in [0.15, 0.2) is 0 Å². The second-order valence-electron chi connectivity index (χ2n) is 13.5. The van der Waals surface area contributed by atoms with Gasteiger partial charge in [0.05, 0.1) is 31.5 Å². The fraction of sp³-hybridized carbons (Fsp3) is 0.405. The van der Waals surface area contributed by atoms with Gasteiger partial charge in [-0.25, -0.2) is 4.79 Å². The van der Waals surface area contributed by atoms with Crippen LogP contribution in [-0.2, 0) is 4.74 Å². The van der Waals surface area contributed by atoms with E-state index in [-0.39, 0.29) is 29.7 Å². The number of aromatic nitrogens is 1. The largest absolute Gasteiger partial charge is 0.484 e. The SMILES string of the molecule is Cc1ccc(N/C(=C\C(=N)C(C)(C)C)NC(=O)N[C@H]2CC[C@@H](Oc3ccc(=N)n(C(=N)[C@H](C)N4CCOCC4)c3)c3ccccc32)cc1. The Morgan fingerprint density at radius 1 is 1.00 bits per heavy atom. The molecule has 0 saturated carbocycles. The van der Waals surface area contributed by atoms with E-state index in [1.165, 1.54) is 0 Å². The van der Waals surface area contributed by atoms with Crippen molar-refractivity contribution in [2.45, 2.75) is 65.6 Å². The Morgan fingerprint density at radius 3 is 2.38 bits per heavy atom. The molecule has 2 heterocycles. The lowest BCUT2D eigenvalue weighted by Crippen LogP contribution is -2.48. The molecule has 6 N–H and O–H groups in total. The molecule has 5 rings (SSSR count). The molecule has 254 valence electrons. The summed E-state index contributed by atoms with van der Waals surface area (Å²) in [5, 5.41) is 35.3. The predicted octanol–water partition coefficient (Wildman–Crippen LogP) is 6.10. The van der Waals surface area contributed by atoms with Crippen molar-refractivity contribution >= 4 is 23.3 Å². The van der Waals surface area contributed by atoms with Crippen molar-refractivity contribution in [2.75, 3.05) is 31.6 Å². The summed E-state index contributed by atoms with van der Waals surface area (Å²) in [5.41, 5.74) is 4.10. The maximum Gasteiger partial charge on any atom is 0.320 e. The van der Waals surface area contributed by atoms with Crippen LogP contribution in [0.2, 0.25) is 0 Å². The van der Waals surface area contributed by atoms with Gasteiger partial charge >= 0.3 is 6.03 Å². The van der Waals surface area contributed by atoms with Gasteiger partial charge in [0, 0.05) is 36.0 Å². The summed E-state index contributed by atoms with van der Waals surface area (Å²) in [5.74, 6) is 1.31. The number of carbonyl (C=O) groups is 1. The number of hydrogen-bond donors (Lipinski definition) is 6. The van der Waals surface area contributed by atoms with E-state index in [9.17, 15) is 4.79 Å². The lowest BCUT2D eigenvalue weighted by molar-refractivity contribution is 0.0311. The van der Waals surface area contributed by atoms with Crippen LogP contribution in [0.5, 0.6) is 5.75 Å². The number of ether oxygens (including phenoxy) is 2. The van der Waals surface area contributed by atoms with Gasteiger partial charge in [0.1, 0.15) is 29.0 Å². The molecule has 1 aliphatic heterocycles. The summed E-state index contributed by atoms with van der Waals surface area (Å²) in [6, 6.07) is 18.5. The summed E-state index contributed by atoms with van der Waals surface area (Å²) in [6.45, 7) is 12.7. The van der Waals surface area contributed by atoms with Crippen LogP contribution in [0.1, 0.15) is 69.4 Å². The van der Waals surface area contributed by atoms with Crippen LogP contribution in [0.25, 0.3) is 0 Å². The van der Waals surface area contributed by atoms with Crippen molar-refractivity contribution in [1.82, 2.24) is 20.1 Å². The summed E-state index contributed by atoms with van der Waals surface area (Å²) in [7, 11) is 0. The molecule has 1 aromatic heterocycles. The zero-order chi connectivity index (χ0) is 34.4. The number of rotatable bonds is 9. The highest BCUT2D eigenvalue weighted by Gasteiger charge is 2.30. The Hall–Kier alpha value is -4.74. The van der Waals surface area contributed by atoms with Gasteiger partial charge in [-0.1, -0.05) is 62.7 Å². The molecular weight excluding hydrogens is 604 g/mol. The van der Waals surface area contributed by atoms with Gasteiger partial charge in [-0.05, 0) is 62.1 Å². The van der Waals surface area contributed by atoms with E-state index < -0.39 is 5.41 Å². The molecule has 11 heteroatoms. The predicted molar refractivity (Wildman–Crippen MR) is 189 cm³/mol. The first kappa shape index (κ1) is 34.6. The minimum absolute atomic E-state index is 0.173. The number of pyridine rings is 1. The smallest absolute Gasteiger partial charge is 0.320 e. The molecule has 0 unspecified atom stereocenters. The molecule has 2 aromatic carbocycles. The maximum atomic E-state index is 13.4.